The Morgan fingerprint density at radius 1 is 1.32 bits per heavy atom. The third kappa shape index (κ3) is 2.31. The molecule has 0 amide bonds. The van der Waals surface area contributed by atoms with Gasteiger partial charge in [0.25, 0.3) is 0 Å². The van der Waals surface area contributed by atoms with Crippen LogP contribution in [-0.2, 0) is 6.54 Å². The summed E-state index contributed by atoms with van der Waals surface area (Å²) in [6, 6.07) is 5.55. The first-order valence-electron chi connectivity index (χ1n) is 5.93. The molecule has 6 heteroatoms. The zero-order valence-electron chi connectivity index (χ0n) is 10.6. The van der Waals surface area contributed by atoms with Crippen molar-refractivity contribution in [2.24, 2.45) is 0 Å². The summed E-state index contributed by atoms with van der Waals surface area (Å²) in [5, 5.41) is 5.89. The molecule has 0 saturated heterocycles. The third-order valence-electron chi connectivity index (χ3n) is 2.98. The molecule has 0 aliphatic heterocycles. The Balaban J connectivity index is 1.89. The molecular formula is C13H13ClN4S. The number of halogens is 1. The van der Waals surface area contributed by atoms with Crippen LogP contribution in [0.25, 0.3) is 4.96 Å². The zero-order valence-corrected chi connectivity index (χ0v) is 12.2. The maximum atomic E-state index is 5.87. The van der Waals surface area contributed by atoms with E-state index in [0.29, 0.717) is 11.7 Å². The minimum atomic E-state index is 0.492. The molecule has 3 heterocycles. The number of hydrogen-bond acceptors (Lipinski definition) is 4. The number of rotatable bonds is 3. The molecule has 0 spiro atoms. The largest absolute Gasteiger partial charge is 0.364 e. The smallest absolute Gasteiger partial charge is 0.194 e. The Morgan fingerprint density at radius 2 is 2.16 bits per heavy atom. The summed E-state index contributed by atoms with van der Waals surface area (Å²) in [5.41, 5.74) is 3.41. The fourth-order valence-corrected chi connectivity index (χ4v) is 3.15. The number of hydrogen-bond donors (Lipinski definition) is 1. The SMILES string of the molecule is Cc1nc2scc(C)n2c1CNc1cccc(Cl)n1. The molecule has 1 N–H and O–H groups in total. The molecular weight excluding hydrogens is 280 g/mol. The average molecular weight is 293 g/mol. The molecule has 0 radical (unpaired) electrons. The Hall–Kier alpha value is -1.59. The Morgan fingerprint density at radius 3 is 2.95 bits per heavy atom. The minimum Gasteiger partial charge on any atom is -0.364 e. The van der Waals surface area contributed by atoms with E-state index in [2.05, 4.69) is 32.0 Å². The number of aryl methyl sites for hydroxylation is 2. The average Bonchev–Trinajstić information content (AvgIpc) is 2.87. The van der Waals surface area contributed by atoms with Crippen LogP contribution >= 0.6 is 22.9 Å². The fourth-order valence-electron chi connectivity index (χ4n) is 2.06. The van der Waals surface area contributed by atoms with Crippen molar-refractivity contribution in [1.29, 1.82) is 0 Å². The molecule has 0 saturated carbocycles. The minimum absolute atomic E-state index is 0.492. The molecule has 0 atom stereocenters. The van der Waals surface area contributed by atoms with Crippen molar-refractivity contribution in [3.05, 3.63) is 45.8 Å². The standard InChI is InChI=1S/C13H13ClN4S/c1-8-7-19-13-16-9(2)10(18(8)13)6-15-12-5-3-4-11(14)17-12/h3-5,7H,6H2,1-2H3,(H,15,17). The number of thiazole rings is 1. The quantitative estimate of drug-likeness (QED) is 0.749. The molecule has 0 aromatic carbocycles. The third-order valence-corrected chi connectivity index (χ3v) is 4.14. The topological polar surface area (TPSA) is 42.2 Å². The Bertz CT molecular complexity index is 731. The van der Waals surface area contributed by atoms with E-state index >= 15 is 0 Å². The Labute approximate surface area is 120 Å². The van der Waals surface area contributed by atoms with Crippen LogP contribution in [0.15, 0.2) is 23.6 Å². The van der Waals surface area contributed by atoms with Gasteiger partial charge in [0.05, 0.1) is 17.9 Å². The number of nitrogens with one attached hydrogen (secondary N) is 1. The van der Waals surface area contributed by atoms with Crippen LogP contribution in [0.5, 0.6) is 0 Å². The van der Waals surface area contributed by atoms with E-state index in [9.17, 15) is 0 Å². The molecule has 19 heavy (non-hydrogen) atoms. The van der Waals surface area contributed by atoms with Crippen LogP contribution in [0.1, 0.15) is 17.1 Å². The second kappa shape index (κ2) is 4.83. The number of aromatic nitrogens is 3. The monoisotopic (exact) mass is 292 g/mol. The van der Waals surface area contributed by atoms with Crippen molar-refractivity contribution in [3.63, 3.8) is 0 Å². The van der Waals surface area contributed by atoms with Gasteiger partial charge < -0.3 is 5.32 Å². The maximum Gasteiger partial charge on any atom is 0.194 e. The lowest BCUT2D eigenvalue weighted by Crippen LogP contribution is -2.05. The van der Waals surface area contributed by atoms with E-state index in [4.69, 9.17) is 11.6 Å². The summed E-state index contributed by atoms with van der Waals surface area (Å²) in [6.45, 7) is 4.80. The highest BCUT2D eigenvalue weighted by Gasteiger charge is 2.11. The van der Waals surface area contributed by atoms with Gasteiger partial charge in [-0.05, 0) is 26.0 Å². The molecule has 4 nitrogen and oxygen atoms in total. The van der Waals surface area contributed by atoms with Crippen LogP contribution in [0.3, 0.4) is 0 Å². The van der Waals surface area contributed by atoms with E-state index < -0.39 is 0 Å². The van der Waals surface area contributed by atoms with Gasteiger partial charge in [-0.25, -0.2) is 9.97 Å². The number of anilines is 1. The first-order valence-corrected chi connectivity index (χ1v) is 7.19. The number of pyridine rings is 1. The number of fused-ring (bicyclic) bond motifs is 1. The molecule has 0 aliphatic rings. The molecule has 0 fully saturated rings. The highest BCUT2D eigenvalue weighted by molar-refractivity contribution is 7.15. The normalized spacial score (nSPS) is 11.1. The van der Waals surface area contributed by atoms with Crippen LogP contribution in [0.2, 0.25) is 5.15 Å². The molecule has 3 rings (SSSR count). The lowest BCUT2D eigenvalue weighted by atomic mass is 10.3. The lowest BCUT2D eigenvalue weighted by Gasteiger charge is -2.06. The highest BCUT2D eigenvalue weighted by Crippen LogP contribution is 2.21. The van der Waals surface area contributed by atoms with Gasteiger partial charge in [0, 0.05) is 11.1 Å². The molecule has 3 aromatic rings. The van der Waals surface area contributed by atoms with E-state index in [1.165, 1.54) is 5.69 Å². The van der Waals surface area contributed by atoms with Gasteiger partial charge in [0.2, 0.25) is 0 Å². The van der Waals surface area contributed by atoms with Gasteiger partial charge in [-0.3, -0.25) is 4.40 Å². The summed E-state index contributed by atoms with van der Waals surface area (Å²) < 4.78 is 2.18. The second-order valence-corrected chi connectivity index (χ2v) is 5.56. The summed E-state index contributed by atoms with van der Waals surface area (Å²) >= 11 is 7.53. The van der Waals surface area contributed by atoms with Gasteiger partial charge in [0.15, 0.2) is 4.96 Å². The van der Waals surface area contributed by atoms with Crippen molar-refractivity contribution < 1.29 is 0 Å². The van der Waals surface area contributed by atoms with Gasteiger partial charge in [-0.1, -0.05) is 17.7 Å². The zero-order chi connectivity index (χ0) is 13.4. The Kier molecular flexibility index (Phi) is 3.16. The fraction of sp³-hybridized carbons (Fsp3) is 0.231. The molecule has 0 unspecified atom stereocenters. The van der Waals surface area contributed by atoms with E-state index in [-0.39, 0.29) is 0 Å². The van der Waals surface area contributed by atoms with Crippen molar-refractivity contribution >= 4 is 33.7 Å². The number of nitrogens with zero attached hydrogens (tertiary/aromatic N) is 3. The summed E-state index contributed by atoms with van der Waals surface area (Å²) in [5.74, 6) is 0.773. The highest BCUT2D eigenvalue weighted by atomic mass is 35.5. The van der Waals surface area contributed by atoms with E-state index in [1.807, 2.05) is 19.1 Å². The maximum absolute atomic E-state index is 5.87. The lowest BCUT2D eigenvalue weighted by molar-refractivity contribution is 0.959. The second-order valence-electron chi connectivity index (χ2n) is 4.34. The van der Waals surface area contributed by atoms with Gasteiger partial charge in [-0.2, -0.15) is 0 Å². The van der Waals surface area contributed by atoms with E-state index in [0.717, 1.165) is 22.2 Å². The van der Waals surface area contributed by atoms with Crippen molar-refractivity contribution in [3.8, 4) is 0 Å². The first-order chi connectivity index (χ1) is 9.15. The summed E-state index contributed by atoms with van der Waals surface area (Å²) in [7, 11) is 0. The van der Waals surface area contributed by atoms with Crippen molar-refractivity contribution in [2.75, 3.05) is 5.32 Å². The summed E-state index contributed by atoms with van der Waals surface area (Å²) in [6.07, 6.45) is 0. The summed E-state index contributed by atoms with van der Waals surface area (Å²) in [4.78, 5) is 9.81. The molecule has 98 valence electrons. The first kappa shape index (κ1) is 12.4. The van der Waals surface area contributed by atoms with Gasteiger partial charge in [0.1, 0.15) is 11.0 Å². The van der Waals surface area contributed by atoms with E-state index in [1.54, 1.807) is 17.4 Å². The van der Waals surface area contributed by atoms with Crippen LogP contribution in [0, 0.1) is 13.8 Å². The molecule has 0 bridgehead atoms. The molecule has 3 aromatic heterocycles. The van der Waals surface area contributed by atoms with Crippen LogP contribution in [0.4, 0.5) is 5.82 Å². The molecule has 0 aliphatic carbocycles. The number of imidazole rings is 1. The van der Waals surface area contributed by atoms with Gasteiger partial charge in [-0.15, -0.1) is 11.3 Å². The van der Waals surface area contributed by atoms with Crippen molar-refractivity contribution in [1.82, 2.24) is 14.4 Å². The predicted molar refractivity (Wildman–Crippen MR) is 79.1 cm³/mol. The van der Waals surface area contributed by atoms with Crippen LogP contribution < -0.4 is 5.32 Å². The van der Waals surface area contributed by atoms with Crippen LogP contribution in [-0.4, -0.2) is 14.4 Å². The van der Waals surface area contributed by atoms with Gasteiger partial charge >= 0.3 is 0 Å². The van der Waals surface area contributed by atoms with Crippen molar-refractivity contribution in [2.45, 2.75) is 20.4 Å². The predicted octanol–water partition coefficient (Wildman–Crippen LogP) is 3.67.